The number of rotatable bonds is 7. The van der Waals surface area contributed by atoms with E-state index in [4.69, 9.17) is 4.74 Å². The molecule has 2 atom stereocenters. The SMILES string of the molecule is C1CCCCC1.CC(C)C.CCC.CCOC(=O)C1CCCN1C(=O)C(C)NC(=O)CNC.O=Cc1cnccn1. The van der Waals surface area contributed by atoms with E-state index in [2.05, 4.69) is 55.2 Å². The van der Waals surface area contributed by atoms with Gasteiger partial charge in [-0.2, -0.15) is 0 Å². The van der Waals surface area contributed by atoms with E-state index in [1.807, 2.05) is 0 Å². The number of nitrogens with one attached hydrogen (secondary N) is 2. The fourth-order valence-electron chi connectivity index (χ4n) is 3.71. The summed E-state index contributed by atoms with van der Waals surface area (Å²) in [6.07, 6.45) is 16.7. The predicted octanol–water partition coefficient (Wildman–Crippen LogP) is 4.97. The zero-order chi connectivity index (χ0) is 31.5. The Balaban J connectivity index is 0. The van der Waals surface area contributed by atoms with E-state index in [9.17, 15) is 19.2 Å². The van der Waals surface area contributed by atoms with Gasteiger partial charge in [0.25, 0.3) is 0 Å². The number of carbonyl (C=O) groups excluding carboxylic acids is 4. The standard InChI is InChI=1S/C13H23N3O4.C6H12.C5H4N2O.C4H10.C3H8/c1-4-20-13(19)10-6-5-7-16(10)12(18)9(2)15-11(17)8-14-3;1-2-4-6-5-3-1;8-4-5-3-6-1-2-7-5;1-4(2)3;1-3-2/h9-10,14H,4-8H2,1-3H3,(H,15,17);1-6H2;1-4H;4H,1-3H3;3H2,1-2H3. The van der Waals surface area contributed by atoms with Crippen molar-refractivity contribution in [2.75, 3.05) is 26.7 Å². The second-order valence-electron chi connectivity index (χ2n) is 10.6. The third-order valence-corrected chi connectivity index (χ3v) is 5.38. The molecular weight excluding hydrogens is 522 g/mol. The molecule has 3 rings (SSSR count). The summed E-state index contributed by atoms with van der Waals surface area (Å²) in [7, 11) is 1.66. The largest absolute Gasteiger partial charge is 0.464 e. The van der Waals surface area contributed by atoms with Gasteiger partial charge < -0.3 is 20.3 Å². The summed E-state index contributed by atoms with van der Waals surface area (Å²) in [6.45, 7) is 15.1. The highest BCUT2D eigenvalue weighted by atomic mass is 16.5. The first-order valence-corrected chi connectivity index (χ1v) is 15.2. The molecule has 1 aliphatic heterocycles. The summed E-state index contributed by atoms with van der Waals surface area (Å²) in [5, 5.41) is 5.32. The van der Waals surface area contributed by atoms with Gasteiger partial charge in [0.2, 0.25) is 11.8 Å². The van der Waals surface area contributed by atoms with E-state index in [0.717, 1.165) is 12.3 Å². The maximum Gasteiger partial charge on any atom is 0.328 e. The van der Waals surface area contributed by atoms with Crippen LogP contribution in [0.2, 0.25) is 0 Å². The Kier molecular flexibility index (Phi) is 26.8. The first-order valence-electron chi connectivity index (χ1n) is 15.2. The third kappa shape index (κ3) is 22.5. The molecule has 1 saturated carbocycles. The maximum absolute atomic E-state index is 12.3. The van der Waals surface area contributed by atoms with Gasteiger partial charge in [0.1, 0.15) is 17.8 Å². The number of aldehydes is 1. The molecule has 2 amide bonds. The number of esters is 1. The summed E-state index contributed by atoms with van der Waals surface area (Å²) in [5.74, 6) is -0.0302. The van der Waals surface area contributed by atoms with Crippen molar-refractivity contribution in [1.29, 1.82) is 0 Å². The van der Waals surface area contributed by atoms with Crippen LogP contribution in [0.5, 0.6) is 0 Å². The van der Waals surface area contributed by atoms with Crippen molar-refractivity contribution in [2.24, 2.45) is 5.92 Å². The number of amides is 2. The van der Waals surface area contributed by atoms with Crippen LogP contribution < -0.4 is 10.6 Å². The fourth-order valence-corrected chi connectivity index (χ4v) is 3.71. The molecular formula is C31H57N5O5. The second-order valence-corrected chi connectivity index (χ2v) is 10.6. The average Bonchev–Trinajstić information content (AvgIpc) is 3.45. The van der Waals surface area contributed by atoms with Crippen LogP contribution in [0.15, 0.2) is 18.6 Å². The zero-order valence-corrected chi connectivity index (χ0v) is 26.9. The van der Waals surface area contributed by atoms with Crippen molar-refractivity contribution in [1.82, 2.24) is 25.5 Å². The quantitative estimate of drug-likeness (QED) is 0.342. The summed E-state index contributed by atoms with van der Waals surface area (Å²) >= 11 is 0. The number of nitrogens with zero attached hydrogens (tertiary/aromatic N) is 3. The van der Waals surface area contributed by atoms with Crippen LogP contribution in [0.25, 0.3) is 0 Å². The van der Waals surface area contributed by atoms with Crippen molar-refractivity contribution < 1.29 is 23.9 Å². The molecule has 41 heavy (non-hydrogen) atoms. The van der Waals surface area contributed by atoms with E-state index in [-0.39, 0.29) is 24.3 Å². The van der Waals surface area contributed by atoms with Gasteiger partial charge >= 0.3 is 5.97 Å². The Morgan fingerprint density at radius 2 is 1.54 bits per heavy atom. The zero-order valence-electron chi connectivity index (χ0n) is 26.9. The molecule has 2 fully saturated rings. The highest BCUT2D eigenvalue weighted by molar-refractivity contribution is 5.91. The summed E-state index contributed by atoms with van der Waals surface area (Å²) in [4.78, 5) is 54.3. The molecule has 1 saturated heterocycles. The number of likely N-dealkylation sites (tertiary alicyclic amines) is 1. The Morgan fingerprint density at radius 1 is 1.00 bits per heavy atom. The first kappa shape index (κ1) is 40.3. The number of carbonyl (C=O) groups is 4. The van der Waals surface area contributed by atoms with Gasteiger partial charge in [-0.3, -0.25) is 24.4 Å². The van der Waals surface area contributed by atoms with Crippen LogP contribution in [0.1, 0.15) is 117 Å². The topological polar surface area (TPSA) is 131 Å². The van der Waals surface area contributed by atoms with E-state index in [1.54, 1.807) is 20.9 Å². The van der Waals surface area contributed by atoms with Gasteiger partial charge in [0.05, 0.1) is 19.3 Å². The lowest BCUT2D eigenvalue weighted by molar-refractivity contribution is -0.153. The minimum absolute atomic E-state index is 0.152. The van der Waals surface area contributed by atoms with Crippen molar-refractivity contribution in [3.05, 3.63) is 24.3 Å². The van der Waals surface area contributed by atoms with Gasteiger partial charge in [-0.15, -0.1) is 0 Å². The van der Waals surface area contributed by atoms with Gasteiger partial charge in [-0.25, -0.2) is 4.79 Å². The first-order chi connectivity index (χ1) is 19.6. The Bertz CT molecular complexity index is 789. The van der Waals surface area contributed by atoms with Crippen molar-refractivity contribution >= 4 is 24.1 Å². The van der Waals surface area contributed by atoms with E-state index in [1.165, 1.54) is 68.4 Å². The molecule has 0 spiro atoms. The second kappa shape index (κ2) is 27.3. The monoisotopic (exact) mass is 579 g/mol. The lowest BCUT2D eigenvalue weighted by Crippen LogP contribution is -2.51. The molecule has 1 aliphatic carbocycles. The Labute approximate surface area is 248 Å². The molecule has 0 radical (unpaired) electrons. The van der Waals surface area contributed by atoms with E-state index >= 15 is 0 Å². The minimum Gasteiger partial charge on any atom is -0.464 e. The minimum atomic E-state index is -0.647. The molecule has 2 N–H and O–H groups in total. The Hall–Kier alpha value is -2.88. The average molecular weight is 580 g/mol. The summed E-state index contributed by atoms with van der Waals surface area (Å²) < 4.78 is 4.98. The fraction of sp³-hybridized carbons (Fsp3) is 0.742. The predicted molar refractivity (Wildman–Crippen MR) is 164 cm³/mol. The smallest absolute Gasteiger partial charge is 0.328 e. The van der Waals surface area contributed by atoms with Gasteiger partial charge in [0, 0.05) is 18.9 Å². The highest BCUT2D eigenvalue weighted by Gasteiger charge is 2.37. The molecule has 2 aliphatic rings. The van der Waals surface area contributed by atoms with Gasteiger partial charge in [-0.05, 0) is 39.7 Å². The molecule has 1 aromatic rings. The third-order valence-electron chi connectivity index (χ3n) is 5.38. The van der Waals surface area contributed by atoms with E-state index < -0.39 is 12.1 Å². The lowest BCUT2D eigenvalue weighted by atomic mass is 10.0. The van der Waals surface area contributed by atoms with Crippen LogP contribution in [-0.4, -0.2) is 77.8 Å². The number of ether oxygens (including phenoxy) is 1. The van der Waals surface area contributed by atoms with Crippen molar-refractivity contribution in [3.63, 3.8) is 0 Å². The van der Waals surface area contributed by atoms with Crippen LogP contribution in [0.4, 0.5) is 0 Å². The van der Waals surface area contributed by atoms with Crippen LogP contribution in [0.3, 0.4) is 0 Å². The summed E-state index contributed by atoms with van der Waals surface area (Å²) in [5.41, 5.74) is 0.368. The Morgan fingerprint density at radius 3 is 1.93 bits per heavy atom. The molecule has 0 aromatic carbocycles. The van der Waals surface area contributed by atoms with Gasteiger partial charge in [-0.1, -0.05) is 79.6 Å². The van der Waals surface area contributed by atoms with Crippen LogP contribution in [0, 0.1) is 5.92 Å². The number of aromatic nitrogens is 2. The molecule has 1 aromatic heterocycles. The van der Waals surface area contributed by atoms with Crippen molar-refractivity contribution in [2.45, 2.75) is 118 Å². The van der Waals surface area contributed by atoms with Crippen molar-refractivity contribution in [3.8, 4) is 0 Å². The molecule has 2 heterocycles. The molecule has 2 unspecified atom stereocenters. The number of likely N-dealkylation sites (N-methyl/N-ethyl adjacent to an activating group) is 1. The van der Waals surface area contributed by atoms with Crippen LogP contribution >= 0.6 is 0 Å². The number of hydrogen-bond acceptors (Lipinski definition) is 8. The molecule has 10 heteroatoms. The highest BCUT2D eigenvalue weighted by Crippen LogP contribution is 2.19. The number of hydrogen-bond donors (Lipinski definition) is 2. The molecule has 10 nitrogen and oxygen atoms in total. The molecule has 236 valence electrons. The lowest BCUT2D eigenvalue weighted by Gasteiger charge is -2.26. The van der Waals surface area contributed by atoms with E-state index in [0.29, 0.717) is 31.6 Å². The summed E-state index contributed by atoms with van der Waals surface area (Å²) in [6, 6.07) is -1.17. The maximum atomic E-state index is 12.3. The normalized spacial score (nSPS) is 16.0. The van der Waals surface area contributed by atoms with Gasteiger partial charge in [0.15, 0.2) is 6.29 Å². The van der Waals surface area contributed by atoms with Crippen LogP contribution in [-0.2, 0) is 19.1 Å². The molecule has 0 bridgehead atoms.